The van der Waals surface area contributed by atoms with Crippen LogP contribution >= 0.6 is 0 Å². The summed E-state index contributed by atoms with van der Waals surface area (Å²) >= 11 is 0. The predicted octanol–water partition coefficient (Wildman–Crippen LogP) is 3.18. The standard InChI is InChI=1S/C21H28N4O3/c1-15-18(23-14-24-19(15)28-17-5-4-9-22-16(17)2)25-10-6-21(7-11-25)13-20(3,26)8-12-27-21/h4-5,9,14,26H,6-8,10-13H2,1-3H3. The van der Waals surface area contributed by atoms with Crippen molar-refractivity contribution in [1.29, 1.82) is 0 Å². The van der Waals surface area contributed by atoms with Gasteiger partial charge in [-0.1, -0.05) is 0 Å². The zero-order chi connectivity index (χ0) is 19.8. The summed E-state index contributed by atoms with van der Waals surface area (Å²) in [5.41, 5.74) is 0.890. The normalized spacial score (nSPS) is 24.4. The van der Waals surface area contributed by atoms with Crippen molar-refractivity contribution in [2.24, 2.45) is 0 Å². The maximum Gasteiger partial charge on any atom is 0.227 e. The molecule has 0 amide bonds. The Bertz CT molecular complexity index is 847. The number of pyridine rings is 1. The number of hydrogen-bond donors (Lipinski definition) is 1. The Kier molecular flexibility index (Phi) is 4.97. The second-order valence-electron chi connectivity index (χ2n) is 8.26. The summed E-state index contributed by atoms with van der Waals surface area (Å²) in [6, 6.07) is 3.74. The Hall–Kier alpha value is -2.25. The molecule has 2 aliphatic heterocycles. The molecule has 28 heavy (non-hydrogen) atoms. The number of ether oxygens (including phenoxy) is 2. The molecular formula is C21H28N4O3. The van der Waals surface area contributed by atoms with E-state index in [0.717, 1.165) is 43.0 Å². The highest BCUT2D eigenvalue weighted by molar-refractivity contribution is 5.51. The predicted molar refractivity (Wildman–Crippen MR) is 106 cm³/mol. The van der Waals surface area contributed by atoms with Crippen LogP contribution in [-0.2, 0) is 4.74 Å². The molecule has 1 atom stereocenters. The van der Waals surface area contributed by atoms with Gasteiger partial charge in [-0.05, 0) is 52.2 Å². The van der Waals surface area contributed by atoms with Gasteiger partial charge in [-0.2, -0.15) is 0 Å². The average molecular weight is 384 g/mol. The molecule has 4 heterocycles. The first-order chi connectivity index (χ1) is 13.4. The van der Waals surface area contributed by atoms with Crippen LogP contribution in [0.5, 0.6) is 11.6 Å². The lowest BCUT2D eigenvalue weighted by molar-refractivity contribution is -0.162. The van der Waals surface area contributed by atoms with Crippen molar-refractivity contribution in [1.82, 2.24) is 15.0 Å². The van der Waals surface area contributed by atoms with Crippen LogP contribution < -0.4 is 9.64 Å². The van der Waals surface area contributed by atoms with Gasteiger partial charge in [0, 0.05) is 25.7 Å². The van der Waals surface area contributed by atoms with Crippen LogP contribution in [0.4, 0.5) is 5.82 Å². The molecule has 0 aliphatic carbocycles. The summed E-state index contributed by atoms with van der Waals surface area (Å²) in [6.45, 7) is 8.11. The Labute approximate surface area is 165 Å². The van der Waals surface area contributed by atoms with E-state index in [1.54, 1.807) is 12.5 Å². The zero-order valence-corrected chi connectivity index (χ0v) is 16.8. The monoisotopic (exact) mass is 384 g/mol. The topological polar surface area (TPSA) is 80.6 Å². The number of anilines is 1. The highest BCUT2D eigenvalue weighted by atomic mass is 16.5. The first kappa shape index (κ1) is 19.1. The fraction of sp³-hybridized carbons (Fsp3) is 0.571. The number of piperidine rings is 1. The van der Waals surface area contributed by atoms with Crippen molar-refractivity contribution in [2.75, 3.05) is 24.6 Å². The summed E-state index contributed by atoms with van der Waals surface area (Å²) in [7, 11) is 0. The number of aromatic nitrogens is 3. The molecule has 0 saturated carbocycles. The zero-order valence-electron chi connectivity index (χ0n) is 16.8. The average Bonchev–Trinajstić information content (AvgIpc) is 2.65. The quantitative estimate of drug-likeness (QED) is 0.870. The first-order valence-electron chi connectivity index (χ1n) is 9.90. The van der Waals surface area contributed by atoms with Gasteiger partial charge in [0.15, 0.2) is 5.75 Å². The van der Waals surface area contributed by atoms with Gasteiger partial charge in [-0.3, -0.25) is 4.98 Å². The summed E-state index contributed by atoms with van der Waals surface area (Å²) in [5.74, 6) is 2.15. The molecule has 2 aromatic heterocycles. The SMILES string of the molecule is Cc1ncccc1Oc1ncnc(N2CCC3(CC2)CC(C)(O)CCO3)c1C. The second-order valence-corrected chi connectivity index (χ2v) is 8.26. The number of aryl methyl sites for hydroxylation is 1. The molecule has 1 N–H and O–H groups in total. The Morgan fingerprint density at radius 2 is 1.93 bits per heavy atom. The number of rotatable bonds is 3. The minimum atomic E-state index is -0.631. The van der Waals surface area contributed by atoms with Crippen molar-refractivity contribution < 1.29 is 14.6 Å². The van der Waals surface area contributed by atoms with Crippen molar-refractivity contribution in [3.8, 4) is 11.6 Å². The molecule has 2 aromatic rings. The van der Waals surface area contributed by atoms with Crippen LogP contribution in [0.25, 0.3) is 0 Å². The molecule has 0 bridgehead atoms. The third-order valence-electron chi connectivity index (χ3n) is 5.90. The lowest BCUT2D eigenvalue weighted by Crippen LogP contribution is -2.53. The van der Waals surface area contributed by atoms with Crippen LogP contribution in [0, 0.1) is 13.8 Å². The number of aliphatic hydroxyl groups is 1. The highest BCUT2D eigenvalue weighted by Gasteiger charge is 2.44. The number of nitrogens with zero attached hydrogens (tertiary/aromatic N) is 4. The van der Waals surface area contributed by atoms with E-state index in [1.807, 2.05) is 32.9 Å². The maximum absolute atomic E-state index is 10.5. The second kappa shape index (κ2) is 7.29. The Balaban J connectivity index is 1.49. The molecule has 150 valence electrons. The van der Waals surface area contributed by atoms with E-state index in [1.165, 1.54) is 0 Å². The van der Waals surface area contributed by atoms with Crippen LogP contribution in [0.2, 0.25) is 0 Å². The third-order valence-corrected chi connectivity index (χ3v) is 5.90. The van der Waals surface area contributed by atoms with Gasteiger partial charge in [-0.15, -0.1) is 0 Å². The summed E-state index contributed by atoms with van der Waals surface area (Å²) in [4.78, 5) is 15.4. The minimum absolute atomic E-state index is 0.217. The van der Waals surface area contributed by atoms with Gasteiger partial charge in [-0.25, -0.2) is 9.97 Å². The highest BCUT2D eigenvalue weighted by Crippen LogP contribution is 2.40. The van der Waals surface area contributed by atoms with Gasteiger partial charge in [0.05, 0.1) is 29.1 Å². The molecule has 2 fully saturated rings. The molecule has 1 spiro atoms. The molecular weight excluding hydrogens is 356 g/mol. The summed E-state index contributed by atoms with van der Waals surface area (Å²) < 4.78 is 12.1. The molecule has 7 heteroatoms. The van der Waals surface area contributed by atoms with Crippen LogP contribution in [-0.4, -0.2) is 51.0 Å². The fourth-order valence-corrected chi connectivity index (χ4v) is 4.30. The van der Waals surface area contributed by atoms with E-state index in [9.17, 15) is 5.11 Å². The molecule has 4 rings (SSSR count). The van der Waals surface area contributed by atoms with Crippen LogP contribution in [0.15, 0.2) is 24.7 Å². The van der Waals surface area contributed by atoms with E-state index in [4.69, 9.17) is 9.47 Å². The number of hydrogen-bond acceptors (Lipinski definition) is 7. The molecule has 7 nitrogen and oxygen atoms in total. The molecule has 0 aromatic carbocycles. The van der Waals surface area contributed by atoms with Crippen molar-refractivity contribution in [2.45, 2.75) is 57.7 Å². The lowest BCUT2D eigenvalue weighted by Gasteiger charge is -2.48. The summed E-state index contributed by atoms with van der Waals surface area (Å²) in [5, 5.41) is 10.5. The third kappa shape index (κ3) is 3.82. The Morgan fingerprint density at radius 3 is 2.64 bits per heavy atom. The maximum atomic E-state index is 10.5. The Morgan fingerprint density at radius 1 is 1.14 bits per heavy atom. The minimum Gasteiger partial charge on any atom is -0.437 e. The van der Waals surface area contributed by atoms with E-state index in [0.29, 0.717) is 31.1 Å². The smallest absolute Gasteiger partial charge is 0.227 e. The lowest BCUT2D eigenvalue weighted by atomic mass is 9.78. The molecule has 2 aliphatic rings. The van der Waals surface area contributed by atoms with Gasteiger partial charge in [0.2, 0.25) is 5.88 Å². The molecule has 1 unspecified atom stereocenters. The molecule has 0 radical (unpaired) electrons. The van der Waals surface area contributed by atoms with E-state index >= 15 is 0 Å². The first-order valence-corrected chi connectivity index (χ1v) is 9.90. The van der Waals surface area contributed by atoms with Crippen LogP contribution in [0.3, 0.4) is 0 Å². The van der Waals surface area contributed by atoms with Gasteiger partial charge < -0.3 is 19.5 Å². The van der Waals surface area contributed by atoms with E-state index in [-0.39, 0.29) is 5.60 Å². The van der Waals surface area contributed by atoms with Gasteiger partial charge >= 0.3 is 0 Å². The fourth-order valence-electron chi connectivity index (χ4n) is 4.30. The van der Waals surface area contributed by atoms with Gasteiger partial charge in [0.1, 0.15) is 12.1 Å². The van der Waals surface area contributed by atoms with Gasteiger partial charge in [0.25, 0.3) is 0 Å². The van der Waals surface area contributed by atoms with Crippen molar-refractivity contribution in [3.63, 3.8) is 0 Å². The van der Waals surface area contributed by atoms with Crippen molar-refractivity contribution >= 4 is 5.82 Å². The van der Waals surface area contributed by atoms with E-state index < -0.39 is 5.60 Å². The van der Waals surface area contributed by atoms with Crippen LogP contribution in [0.1, 0.15) is 43.9 Å². The summed E-state index contributed by atoms with van der Waals surface area (Å²) in [6.07, 6.45) is 6.46. The molecule has 2 saturated heterocycles. The largest absolute Gasteiger partial charge is 0.437 e. The van der Waals surface area contributed by atoms with Crippen molar-refractivity contribution in [3.05, 3.63) is 35.9 Å². The van der Waals surface area contributed by atoms with E-state index in [2.05, 4.69) is 19.9 Å².